The fraction of sp³-hybridized carbons (Fsp3) is 0.276. The molecule has 6 heteroatoms. The van der Waals surface area contributed by atoms with E-state index < -0.39 is 5.60 Å². The Kier molecular flexibility index (Phi) is 7.12. The normalized spacial score (nSPS) is 21.1. The highest BCUT2D eigenvalue weighted by molar-refractivity contribution is 9.10. The van der Waals surface area contributed by atoms with Crippen LogP contribution in [0.4, 0.5) is 0 Å². The lowest BCUT2D eigenvalue weighted by Gasteiger charge is -2.43. The second kappa shape index (κ2) is 10.3. The highest BCUT2D eigenvalue weighted by atomic mass is 79.9. The Morgan fingerprint density at radius 3 is 2.63 bits per heavy atom. The molecule has 0 amide bonds. The van der Waals surface area contributed by atoms with Gasteiger partial charge < -0.3 is 15.2 Å². The van der Waals surface area contributed by atoms with Gasteiger partial charge in [0, 0.05) is 32.4 Å². The minimum atomic E-state index is -0.993. The van der Waals surface area contributed by atoms with Crippen LogP contribution in [0.25, 0.3) is 10.9 Å². The van der Waals surface area contributed by atoms with E-state index >= 15 is 0 Å². The maximum Gasteiger partial charge on any atom is 0.217 e. The van der Waals surface area contributed by atoms with Crippen LogP contribution in [-0.2, 0) is 6.42 Å². The third kappa shape index (κ3) is 5.24. The van der Waals surface area contributed by atoms with E-state index in [2.05, 4.69) is 57.6 Å². The predicted molar refractivity (Wildman–Crippen MR) is 145 cm³/mol. The van der Waals surface area contributed by atoms with Crippen molar-refractivity contribution in [2.24, 2.45) is 0 Å². The van der Waals surface area contributed by atoms with Gasteiger partial charge in [-0.3, -0.25) is 0 Å². The lowest BCUT2D eigenvalue weighted by molar-refractivity contribution is -0.0191. The van der Waals surface area contributed by atoms with Gasteiger partial charge >= 0.3 is 0 Å². The van der Waals surface area contributed by atoms with Gasteiger partial charge in [0.2, 0.25) is 5.88 Å². The van der Waals surface area contributed by atoms with Crippen LogP contribution in [0.1, 0.15) is 35.4 Å². The quantitative estimate of drug-likeness (QED) is 0.287. The minimum absolute atomic E-state index is 0.152. The van der Waals surface area contributed by atoms with Crippen molar-refractivity contribution in [3.8, 4) is 5.88 Å². The molecule has 0 radical (unpaired) electrons. The summed E-state index contributed by atoms with van der Waals surface area (Å²) >= 11 is 9.81. The minimum Gasteiger partial charge on any atom is -0.481 e. The van der Waals surface area contributed by atoms with Crippen LogP contribution < -0.4 is 10.1 Å². The van der Waals surface area contributed by atoms with Crippen LogP contribution in [0, 0.1) is 0 Å². The van der Waals surface area contributed by atoms with Crippen molar-refractivity contribution in [2.45, 2.75) is 36.8 Å². The van der Waals surface area contributed by atoms with Gasteiger partial charge in [-0.05, 0) is 73.3 Å². The Morgan fingerprint density at radius 1 is 1.11 bits per heavy atom. The molecule has 3 unspecified atom stereocenters. The zero-order valence-corrected chi connectivity index (χ0v) is 21.9. The zero-order chi connectivity index (χ0) is 24.4. The Balaban J connectivity index is 1.60. The number of ether oxygens (including phenoxy) is 1. The molecule has 1 aliphatic heterocycles. The van der Waals surface area contributed by atoms with Crippen LogP contribution in [0.5, 0.6) is 5.88 Å². The first-order valence-electron chi connectivity index (χ1n) is 11.8. The van der Waals surface area contributed by atoms with Crippen molar-refractivity contribution in [2.75, 3.05) is 13.7 Å². The van der Waals surface area contributed by atoms with Gasteiger partial charge in [-0.25, -0.2) is 4.98 Å². The van der Waals surface area contributed by atoms with Crippen molar-refractivity contribution in [3.05, 3.63) is 105 Å². The molecular weight excluding hydrogens is 524 g/mol. The third-order valence-electron chi connectivity index (χ3n) is 6.93. The van der Waals surface area contributed by atoms with Gasteiger partial charge in [-0.2, -0.15) is 0 Å². The summed E-state index contributed by atoms with van der Waals surface area (Å²) in [4.78, 5) is 4.82. The first kappa shape index (κ1) is 24.3. The fourth-order valence-corrected chi connectivity index (χ4v) is 5.85. The molecule has 1 aromatic heterocycles. The van der Waals surface area contributed by atoms with Crippen LogP contribution in [0.3, 0.4) is 0 Å². The standard InChI is InChI=1S/C29H28BrClN2O2/c1-35-28-25(17-21-16-22(30)9-12-26(21)33-28)27(20-7-10-23(31)11-8-20)29(34)13-14-32-24(18-29)15-19-5-3-2-4-6-19/h2-12,16-17,24,27,32,34H,13-15,18H2,1H3. The number of fused-ring (bicyclic) bond motifs is 1. The number of aliphatic hydroxyl groups is 1. The molecule has 1 saturated heterocycles. The van der Waals surface area contributed by atoms with Gasteiger partial charge in [0.15, 0.2) is 0 Å². The van der Waals surface area contributed by atoms with Gasteiger partial charge in [-0.15, -0.1) is 0 Å². The summed E-state index contributed by atoms with van der Waals surface area (Å²) in [5, 5.41) is 17.6. The smallest absolute Gasteiger partial charge is 0.217 e. The van der Waals surface area contributed by atoms with Crippen molar-refractivity contribution in [1.82, 2.24) is 10.3 Å². The number of hydrogen-bond donors (Lipinski definition) is 2. The summed E-state index contributed by atoms with van der Waals surface area (Å²) < 4.78 is 6.77. The molecule has 1 aliphatic rings. The molecule has 4 aromatic rings. The molecule has 2 N–H and O–H groups in total. The van der Waals surface area contributed by atoms with Crippen molar-refractivity contribution in [1.29, 1.82) is 0 Å². The van der Waals surface area contributed by atoms with E-state index in [1.54, 1.807) is 7.11 Å². The molecule has 0 bridgehead atoms. The molecule has 0 spiro atoms. The Hall–Kier alpha value is -2.44. The van der Waals surface area contributed by atoms with Crippen molar-refractivity contribution >= 4 is 38.4 Å². The van der Waals surface area contributed by atoms with E-state index in [4.69, 9.17) is 21.3 Å². The number of pyridine rings is 1. The number of halogens is 2. The second-order valence-electron chi connectivity index (χ2n) is 9.31. The van der Waals surface area contributed by atoms with Crippen LogP contribution in [-0.4, -0.2) is 35.4 Å². The van der Waals surface area contributed by atoms with Gasteiger partial charge in [0.05, 0.1) is 18.2 Å². The summed E-state index contributed by atoms with van der Waals surface area (Å²) in [6, 6.07) is 26.5. The summed E-state index contributed by atoms with van der Waals surface area (Å²) in [6.07, 6.45) is 2.08. The summed E-state index contributed by atoms with van der Waals surface area (Å²) in [5.41, 5.74) is 2.98. The van der Waals surface area contributed by atoms with E-state index in [1.807, 2.05) is 42.5 Å². The molecule has 5 rings (SSSR count). The number of nitrogens with one attached hydrogen (secondary N) is 1. The molecule has 180 valence electrons. The topological polar surface area (TPSA) is 54.4 Å². The molecule has 2 heterocycles. The Bertz CT molecular complexity index is 1320. The third-order valence-corrected chi connectivity index (χ3v) is 7.68. The van der Waals surface area contributed by atoms with Gasteiger partial charge in [-0.1, -0.05) is 70.0 Å². The molecule has 0 saturated carbocycles. The highest BCUT2D eigenvalue weighted by Gasteiger charge is 2.44. The predicted octanol–water partition coefficient (Wildman–Crippen LogP) is 6.52. The number of piperidine rings is 1. The van der Waals surface area contributed by atoms with Gasteiger partial charge in [0.25, 0.3) is 0 Å². The first-order valence-corrected chi connectivity index (χ1v) is 13.0. The van der Waals surface area contributed by atoms with E-state index in [1.165, 1.54) is 5.56 Å². The average molecular weight is 552 g/mol. The monoisotopic (exact) mass is 550 g/mol. The Morgan fingerprint density at radius 2 is 1.89 bits per heavy atom. The van der Waals surface area contributed by atoms with Crippen LogP contribution >= 0.6 is 27.5 Å². The zero-order valence-electron chi connectivity index (χ0n) is 19.5. The molecule has 1 fully saturated rings. The highest BCUT2D eigenvalue weighted by Crippen LogP contribution is 2.45. The average Bonchev–Trinajstić information content (AvgIpc) is 2.85. The van der Waals surface area contributed by atoms with E-state index in [-0.39, 0.29) is 12.0 Å². The lowest BCUT2D eigenvalue weighted by atomic mass is 9.70. The number of aromatic nitrogens is 1. The first-order chi connectivity index (χ1) is 16.9. The molecule has 4 nitrogen and oxygen atoms in total. The molecule has 3 atom stereocenters. The second-order valence-corrected chi connectivity index (χ2v) is 10.7. The molecule has 3 aromatic carbocycles. The van der Waals surface area contributed by atoms with E-state index in [0.29, 0.717) is 23.7 Å². The van der Waals surface area contributed by atoms with Crippen LogP contribution in [0.2, 0.25) is 5.02 Å². The lowest BCUT2D eigenvalue weighted by Crippen LogP contribution is -2.52. The Labute approximate surface area is 219 Å². The summed E-state index contributed by atoms with van der Waals surface area (Å²) in [7, 11) is 1.64. The van der Waals surface area contributed by atoms with Crippen molar-refractivity contribution < 1.29 is 9.84 Å². The van der Waals surface area contributed by atoms with E-state index in [9.17, 15) is 5.11 Å². The molecule has 0 aliphatic carbocycles. The number of methoxy groups -OCH3 is 1. The fourth-order valence-electron chi connectivity index (χ4n) is 5.35. The SMILES string of the molecule is COc1nc2ccc(Br)cc2cc1C(c1ccc(Cl)cc1)C1(O)CCNC(Cc2ccccc2)C1. The maximum absolute atomic E-state index is 12.3. The largest absolute Gasteiger partial charge is 0.481 e. The number of nitrogens with zero attached hydrogens (tertiary/aromatic N) is 1. The van der Waals surface area contributed by atoms with Crippen molar-refractivity contribution in [3.63, 3.8) is 0 Å². The van der Waals surface area contributed by atoms with E-state index in [0.717, 1.165) is 39.5 Å². The summed E-state index contributed by atoms with van der Waals surface area (Å²) in [6.45, 7) is 0.729. The number of rotatable bonds is 6. The number of benzene rings is 3. The van der Waals surface area contributed by atoms with Crippen LogP contribution in [0.15, 0.2) is 83.3 Å². The number of hydrogen-bond acceptors (Lipinski definition) is 4. The molecular formula is C29H28BrClN2O2. The maximum atomic E-state index is 12.3. The van der Waals surface area contributed by atoms with Gasteiger partial charge in [0.1, 0.15) is 0 Å². The summed E-state index contributed by atoms with van der Waals surface area (Å²) in [5.74, 6) is 0.206. The molecule has 35 heavy (non-hydrogen) atoms.